The summed E-state index contributed by atoms with van der Waals surface area (Å²) in [5, 5.41) is 16.0. The summed E-state index contributed by atoms with van der Waals surface area (Å²) in [6, 6.07) is 10.1. The van der Waals surface area contributed by atoms with Crippen LogP contribution in [-0.4, -0.2) is 37.6 Å². The highest BCUT2D eigenvalue weighted by Crippen LogP contribution is 2.47. The average molecular weight is 416 g/mol. The highest BCUT2D eigenvalue weighted by Gasteiger charge is 2.45. The Morgan fingerprint density at radius 1 is 1.10 bits per heavy atom. The highest BCUT2D eigenvalue weighted by molar-refractivity contribution is 6.14. The van der Waals surface area contributed by atoms with Gasteiger partial charge in [0, 0.05) is 11.6 Å². The second-order valence-electron chi connectivity index (χ2n) is 8.16. The van der Waals surface area contributed by atoms with Gasteiger partial charge in [-0.2, -0.15) is 19.6 Å². The predicted molar refractivity (Wildman–Crippen MR) is 113 cm³/mol. The molecule has 1 aliphatic heterocycles. The molecule has 3 aliphatic rings. The van der Waals surface area contributed by atoms with Gasteiger partial charge >= 0.3 is 6.03 Å². The number of imide groups is 1. The van der Waals surface area contributed by atoms with Crippen LogP contribution in [0.25, 0.3) is 11.7 Å². The van der Waals surface area contributed by atoms with Gasteiger partial charge in [0.25, 0.3) is 5.91 Å². The predicted octanol–water partition coefficient (Wildman–Crippen LogP) is 1.98. The van der Waals surface area contributed by atoms with E-state index in [2.05, 4.69) is 38.5 Å². The Bertz CT molecular complexity index is 1240. The van der Waals surface area contributed by atoms with Gasteiger partial charge < -0.3 is 16.0 Å². The van der Waals surface area contributed by atoms with E-state index in [1.165, 1.54) is 5.56 Å². The maximum absolute atomic E-state index is 11.9. The molecule has 0 bridgehead atoms. The van der Waals surface area contributed by atoms with Crippen molar-refractivity contribution in [2.45, 2.75) is 37.3 Å². The monoisotopic (exact) mass is 416 g/mol. The fourth-order valence-corrected chi connectivity index (χ4v) is 3.78. The number of amides is 3. The number of hydrogen-bond donors (Lipinski definition) is 4. The molecule has 2 saturated carbocycles. The molecule has 0 atom stereocenters. The topological polar surface area (TPSA) is 125 Å². The first-order valence-electron chi connectivity index (χ1n) is 10.3. The summed E-state index contributed by atoms with van der Waals surface area (Å²) >= 11 is 0. The minimum absolute atomic E-state index is 0.160. The number of hydrogen-bond acceptors (Lipinski definition) is 7. The Balaban J connectivity index is 1.41. The van der Waals surface area contributed by atoms with E-state index in [4.69, 9.17) is 9.97 Å². The van der Waals surface area contributed by atoms with Gasteiger partial charge in [-0.1, -0.05) is 30.3 Å². The molecule has 156 valence electrons. The first-order valence-corrected chi connectivity index (χ1v) is 10.3. The molecule has 4 N–H and O–H groups in total. The quantitative estimate of drug-likeness (QED) is 0.358. The number of aromatic nitrogens is 4. The van der Waals surface area contributed by atoms with Gasteiger partial charge in [0.05, 0.1) is 11.7 Å². The molecule has 2 aliphatic carbocycles. The van der Waals surface area contributed by atoms with E-state index in [9.17, 15) is 9.59 Å². The average Bonchev–Trinajstić information content (AvgIpc) is 3.67. The first-order chi connectivity index (χ1) is 15.1. The van der Waals surface area contributed by atoms with Crippen LogP contribution in [0.4, 0.5) is 16.7 Å². The Morgan fingerprint density at radius 2 is 1.90 bits per heavy atom. The molecule has 10 heteroatoms. The summed E-state index contributed by atoms with van der Waals surface area (Å²) in [5.41, 5.74) is 2.35. The van der Waals surface area contributed by atoms with Crippen molar-refractivity contribution in [2.24, 2.45) is 0 Å². The van der Waals surface area contributed by atoms with E-state index in [1.807, 2.05) is 18.2 Å². The van der Waals surface area contributed by atoms with E-state index in [-0.39, 0.29) is 11.2 Å². The number of anilines is 2. The lowest BCUT2D eigenvalue weighted by atomic mass is 10.1. The van der Waals surface area contributed by atoms with E-state index in [1.54, 1.807) is 16.8 Å². The van der Waals surface area contributed by atoms with Gasteiger partial charge in [0.2, 0.25) is 11.9 Å². The van der Waals surface area contributed by atoms with Crippen molar-refractivity contribution in [3.8, 4) is 0 Å². The molecule has 31 heavy (non-hydrogen) atoms. The number of carbonyl (C=O) groups is 2. The Hall–Kier alpha value is -3.95. The van der Waals surface area contributed by atoms with Crippen LogP contribution >= 0.6 is 0 Å². The minimum Gasteiger partial charge on any atom is -0.351 e. The number of rotatable bonds is 6. The van der Waals surface area contributed by atoms with Gasteiger partial charge in [-0.3, -0.25) is 10.1 Å². The summed E-state index contributed by atoms with van der Waals surface area (Å²) in [7, 11) is 0. The molecular weight excluding hydrogens is 396 g/mol. The molecule has 3 fully saturated rings. The largest absolute Gasteiger partial charge is 0.351 e. The zero-order valence-corrected chi connectivity index (χ0v) is 16.6. The van der Waals surface area contributed by atoms with Crippen molar-refractivity contribution < 1.29 is 9.59 Å². The van der Waals surface area contributed by atoms with E-state index < -0.39 is 11.9 Å². The molecule has 1 aromatic carbocycles. The van der Waals surface area contributed by atoms with Crippen LogP contribution in [0.5, 0.6) is 0 Å². The SMILES string of the molecule is O=C1NC(=O)/C(=C/c2cnn3c(NC4CC4)nc(NC4(c5ccccc5)CC4)nc23)N1. The van der Waals surface area contributed by atoms with Gasteiger partial charge in [0.1, 0.15) is 5.70 Å². The third kappa shape index (κ3) is 3.25. The molecule has 0 spiro atoms. The van der Waals surface area contributed by atoms with Crippen LogP contribution in [-0.2, 0) is 10.3 Å². The molecule has 0 radical (unpaired) electrons. The molecule has 3 aromatic rings. The molecule has 6 rings (SSSR count). The Morgan fingerprint density at radius 3 is 2.58 bits per heavy atom. The third-order valence-electron chi connectivity index (χ3n) is 5.75. The zero-order chi connectivity index (χ0) is 21.0. The second kappa shape index (κ2) is 6.53. The molecular formula is C21H20N8O2. The van der Waals surface area contributed by atoms with Crippen LogP contribution in [0, 0.1) is 0 Å². The van der Waals surface area contributed by atoms with Crippen LogP contribution < -0.4 is 21.3 Å². The van der Waals surface area contributed by atoms with Crippen LogP contribution in [0.3, 0.4) is 0 Å². The second-order valence-corrected chi connectivity index (χ2v) is 8.16. The number of nitrogens with one attached hydrogen (secondary N) is 4. The lowest BCUT2D eigenvalue weighted by Gasteiger charge is -2.19. The third-order valence-corrected chi connectivity index (χ3v) is 5.75. The summed E-state index contributed by atoms with van der Waals surface area (Å²) in [5.74, 6) is 0.620. The molecule has 3 amide bonds. The van der Waals surface area contributed by atoms with E-state index in [0.29, 0.717) is 29.1 Å². The highest BCUT2D eigenvalue weighted by atomic mass is 16.2. The number of urea groups is 1. The van der Waals surface area contributed by atoms with E-state index >= 15 is 0 Å². The summed E-state index contributed by atoms with van der Waals surface area (Å²) in [4.78, 5) is 32.8. The zero-order valence-electron chi connectivity index (χ0n) is 16.6. The van der Waals surface area contributed by atoms with Gasteiger partial charge in [0.15, 0.2) is 5.65 Å². The van der Waals surface area contributed by atoms with Gasteiger partial charge in [-0.25, -0.2) is 4.79 Å². The lowest BCUT2D eigenvalue weighted by Crippen LogP contribution is -2.22. The van der Waals surface area contributed by atoms with Gasteiger partial charge in [-0.05, 0) is 37.3 Å². The lowest BCUT2D eigenvalue weighted by molar-refractivity contribution is -0.115. The van der Waals surface area contributed by atoms with Crippen molar-refractivity contribution in [2.75, 3.05) is 10.6 Å². The molecule has 0 unspecified atom stereocenters. The van der Waals surface area contributed by atoms with Crippen molar-refractivity contribution in [3.63, 3.8) is 0 Å². The number of nitrogens with zero attached hydrogens (tertiary/aromatic N) is 4. The normalized spacial score (nSPS) is 20.6. The summed E-state index contributed by atoms with van der Waals surface area (Å²) < 4.78 is 1.63. The van der Waals surface area contributed by atoms with Crippen LogP contribution in [0.1, 0.15) is 36.8 Å². The fourth-order valence-electron chi connectivity index (χ4n) is 3.78. The van der Waals surface area contributed by atoms with E-state index in [0.717, 1.165) is 25.7 Å². The Labute approximate surface area is 177 Å². The standard InChI is InChI=1S/C21H20N8O2/c30-17-15(24-20(31)26-17)10-12-11-22-29-16(12)25-18(27-19(29)23-14-6-7-14)28-21(8-9-21)13-4-2-1-3-5-13/h1-5,10-11,14H,6-9H2,(H2,23,25,27,28)(H2,24,26,30,31)/b15-10-. The van der Waals surface area contributed by atoms with Crippen molar-refractivity contribution in [3.05, 3.63) is 53.4 Å². The molecule has 2 aromatic heterocycles. The van der Waals surface area contributed by atoms with Gasteiger partial charge in [-0.15, -0.1) is 0 Å². The number of fused-ring (bicyclic) bond motifs is 1. The van der Waals surface area contributed by atoms with Crippen LogP contribution in [0.15, 0.2) is 42.2 Å². The fraction of sp³-hybridized carbons (Fsp3) is 0.286. The first kappa shape index (κ1) is 17.9. The van der Waals surface area contributed by atoms with Crippen molar-refractivity contribution >= 4 is 35.6 Å². The number of carbonyl (C=O) groups excluding carboxylic acids is 2. The molecule has 1 saturated heterocycles. The summed E-state index contributed by atoms with van der Waals surface area (Å²) in [6.07, 6.45) is 7.36. The summed E-state index contributed by atoms with van der Waals surface area (Å²) in [6.45, 7) is 0. The minimum atomic E-state index is -0.542. The molecule has 3 heterocycles. The Kier molecular flexibility index (Phi) is 3.76. The maximum atomic E-state index is 11.9. The van der Waals surface area contributed by atoms with Crippen LogP contribution in [0.2, 0.25) is 0 Å². The maximum Gasteiger partial charge on any atom is 0.326 e. The smallest absolute Gasteiger partial charge is 0.326 e. The molecule has 10 nitrogen and oxygen atoms in total. The number of benzene rings is 1. The van der Waals surface area contributed by atoms with Crippen molar-refractivity contribution in [1.29, 1.82) is 0 Å². The van der Waals surface area contributed by atoms with Crippen molar-refractivity contribution in [1.82, 2.24) is 30.2 Å².